The van der Waals surface area contributed by atoms with E-state index in [-0.39, 0.29) is 68.1 Å². The SMILES string of the molecule is C[C@H]1CN(C(=O)CCCCc2cccc3c2n(C)c(=O)n3C2CCC(=O)NC2=O)CC[C@H]2CC[C@@H](C(=O)N[C@@H](CCC(N)=O)C(=O)NC(c3ccccc3)c3ccccc3)N2C1=O. The number of amides is 7. The summed E-state index contributed by atoms with van der Waals surface area (Å²) in [4.78, 5) is 109. The van der Waals surface area contributed by atoms with Crippen LogP contribution in [0, 0.1) is 5.92 Å². The molecule has 16 heteroatoms. The molecule has 3 aliphatic heterocycles. The van der Waals surface area contributed by atoms with Gasteiger partial charge in [0.15, 0.2) is 0 Å². The number of fused-ring (bicyclic) bond motifs is 2. The van der Waals surface area contributed by atoms with E-state index in [1.807, 2.05) is 72.8 Å². The zero-order valence-electron chi connectivity index (χ0n) is 35.8. The van der Waals surface area contributed by atoms with Gasteiger partial charge in [-0.1, -0.05) is 79.7 Å². The summed E-state index contributed by atoms with van der Waals surface area (Å²) in [5, 5.41) is 8.27. The second-order valence-corrected chi connectivity index (χ2v) is 17.0. The third-order valence-electron chi connectivity index (χ3n) is 12.7. The largest absolute Gasteiger partial charge is 0.370 e. The highest BCUT2D eigenvalue weighted by Gasteiger charge is 2.44. The first kappa shape index (κ1) is 44.5. The van der Waals surface area contributed by atoms with Crippen molar-refractivity contribution >= 4 is 52.4 Å². The lowest BCUT2D eigenvalue weighted by molar-refractivity contribution is -0.147. The lowest BCUT2D eigenvalue weighted by Gasteiger charge is -2.38. The van der Waals surface area contributed by atoms with Gasteiger partial charge in [0.2, 0.25) is 41.4 Å². The van der Waals surface area contributed by atoms with E-state index in [1.165, 1.54) is 9.13 Å². The standard InChI is InChI=1S/C47H56N8O8/c1-29-28-53(40(58)19-10-9-16-32-17-11-18-35-42(32)52(2)47(63)55(35)37-23-25-39(57)50-45(37)61)27-26-33-20-22-36(54(33)46(29)62)44(60)49-34(21-24-38(48)56)43(59)51-41(30-12-5-3-6-13-30)31-14-7-4-8-15-31/h3-8,11-15,17-18,29,33-34,36-37,41H,9-10,16,19-28H2,1-2H3,(H2,48,56)(H,49,60)(H,51,59)(H,50,57,61)/t29-,33+,34-,36-,37?/m0/s1. The summed E-state index contributed by atoms with van der Waals surface area (Å²) in [7, 11) is 1.67. The monoisotopic (exact) mass is 860 g/mol. The Hall–Kier alpha value is -6.58. The summed E-state index contributed by atoms with van der Waals surface area (Å²) in [6.07, 6.45) is 3.80. The molecule has 16 nitrogen and oxygen atoms in total. The zero-order chi connectivity index (χ0) is 44.8. The number of piperidine rings is 1. The van der Waals surface area contributed by atoms with Crippen LogP contribution in [0.2, 0.25) is 0 Å². The maximum Gasteiger partial charge on any atom is 0.329 e. The van der Waals surface area contributed by atoms with Gasteiger partial charge in [-0.05, 0) is 74.1 Å². The van der Waals surface area contributed by atoms with Gasteiger partial charge in [-0.15, -0.1) is 0 Å². The second kappa shape index (κ2) is 19.6. The number of primary amides is 1. The number of hydrogen-bond donors (Lipinski definition) is 4. The van der Waals surface area contributed by atoms with Crippen LogP contribution in [0.1, 0.15) is 99.9 Å². The van der Waals surface area contributed by atoms with Crippen molar-refractivity contribution in [3.8, 4) is 0 Å². The lowest BCUT2D eigenvalue weighted by atomic mass is 9.98. The predicted molar refractivity (Wildman–Crippen MR) is 233 cm³/mol. The van der Waals surface area contributed by atoms with Crippen molar-refractivity contribution < 1.29 is 33.6 Å². The number of hydrogen-bond acceptors (Lipinski definition) is 8. The van der Waals surface area contributed by atoms with Gasteiger partial charge in [-0.3, -0.25) is 48.0 Å². The van der Waals surface area contributed by atoms with E-state index < -0.39 is 53.7 Å². The highest BCUT2D eigenvalue weighted by Crippen LogP contribution is 2.32. The van der Waals surface area contributed by atoms with E-state index in [9.17, 15) is 38.4 Å². The molecule has 3 saturated heterocycles. The molecule has 3 aliphatic rings. The van der Waals surface area contributed by atoms with Crippen LogP contribution in [-0.4, -0.2) is 91.5 Å². The van der Waals surface area contributed by atoms with Crippen molar-refractivity contribution in [2.75, 3.05) is 13.1 Å². The molecule has 5 N–H and O–H groups in total. The molecule has 4 aromatic rings. The minimum Gasteiger partial charge on any atom is -0.370 e. The predicted octanol–water partition coefficient (Wildman–Crippen LogP) is 2.91. The quantitative estimate of drug-likeness (QED) is 0.103. The number of imide groups is 1. The molecular weight excluding hydrogens is 805 g/mol. The Bertz CT molecular complexity index is 2390. The van der Waals surface area contributed by atoms with Gasteiger partial charge >= 0.3 is 5.69 Å². The fraction of sp³-hybridized carbons (Fsp3) is 0.447. The number of para-hydroxylation sites is 1. The van der Waals surface area contributed by atoms with Gasteiger partial charge in [0.1, 0.15) is 18.1 Å². The number of nitrogens with one attached hydrogen (secondary N) is 3. The third-order valence-corrected chi connectivity index (χ3v) is 12.7. The first-order valence-electron chi connectivity index (χ1n) is 21.9. The molecule has 4 heterocycles. The number of imidazole rings is 1. The van der Waals surface area contributed by atoms with E-state index in [0.717, 1.165) is 16.7 Å². The Morgan fingerprint density at radius 1 is 0.825 bits per heavy atom. The van der Waals surface area contributed by atoms with Gasteiger partial charge in [0.05, 0.1) is 23.0 Å². The summed E-state index contributed by atoms with van der Waals surface area (Å²) >= 11 is 0. The molecule has 5 atom stereocenters. The Balaban J connectivity index is 0.957. The van der Waals surface area contributed by atoms with E-state index in [1.54, 1.807) is 29.8 Å². The second-order valence-electron chi connectivity index (χ2n) is 17.0. The van der Waals surface area contributed by atoms with E-state index >= 15 is 0 Å². The van der Waals surface area contributed by atoms with Crippen LogP contribution in [0.5, 0.6) is 0 Å². The van der Waals surface area contributed by atoms with Crippen LogP contribution < -0.4 is 27.4 Å². The van der Waals surface area contributed by atoms with Crippen molar-refractivity contribution in [3.63, 3.8) is 0 Å². The number of nitrogens with zero attached hydrogens (tertiary/aromatic N) is 4. The Morgan fingerprint density at radius 2 is 1.52 bits per heavy atom. The van der Waals surface area contributed by atoms with Gasteiger partial charge in [0, 0.05) is 45.4 Å². The minimum absolute atomic E-state index is 0.0196. The molecule has 3 aromatic carbocycles. The van der Waals surface area contributed by atoms with Crippen molar-refractivity contribution in [3.05, 3.63) is 106 Å². The summed E-state index contributed by atoms with van der Waals surface area (Å²) in [6.45, 7) is 2.39. The maximum atomic E-state index is 14.1. The fourth-order valence-corrected chi connectivity index (χ4v) is 9.46. The minimum atomic E-state index is -1.09. The molecule has 332 valence electrons. The number of aromatic nitrogens is 2. The zero-order valence-corrected chi connectivity index (χ0v) is 35.8. The maximum absolute atomic E-state index is 14.1. The van der Waals surface area contributed by atoms with Crippen molar-refractivity contribution in [2.24, 2.45) is 18.7 Å². The summed E-state index contributed by atoms with van der Waals surface area (Å²) in [6, 6.07) is 21.0. The molecule has 0 aliphatic carbocycles. The topological polar surface area (TPSA) is 215 Å². The Kier molecular flexibility index (Phi) is 13.9. The van der Waals surface area contributed by atoms with Gasteiger partial charge in [-0.2, -0.15) is 0 Å². The van der Waals surface area contributed by atoms with Gasteiger partial charge in [-0.25, -0.2) is 4.79 Å². The molecule has 0 saturated carbocycles. The number of carbonyl (C=O) groups is 7. The smallest absolute Gasteiger partial charge is 0.329 e. The number of aryl methyl sites for hydroxylation is 2. The molecule has 63 heavy (non-hydrogen) atoms. The van der Waals surface area contributed by atoms with Gasteiger partial charge < -0.3 is 26.2 Å². The highest BCUT2D eigenvalue weighted by molar-refractivity contribution is 6.00. The molecule has 0 radical (unpaired) electrons. The molecule has 1 aromatic heterocycles. The van der Waals surface area contributed by atoms with E-state index in [2.05, 4.69) is 16.0 Å². The van der Waals surface area contributed by atoms with Crippen LogP contribution in [-0.2, 0) is 47.0 Å². The third kappa shape index (κ3) is 9.90. The molecule has 1 unspecified atom stereocenters. The average Bonchev–Trinajstić information content (AvgIpc) is 3.81. The van der Waals surface area contributed by atoms with Crippen LogP contribution >= 0.6 is 0 Å². The number of unbranched alkanes of at least 4 members (excludes halogenated alkanes) is 1. The highest BCUT2D eigenvalue weighted by atomic mass is 16.2. The Labute approximate surface area is 365 Å². The van der Waals surface area contributed by atoms with Crippen molar-refractivity contribution in [2.45, 2.75) is 108 Å². The molecule has 3 fully saturated rings. The fourth-order valence-electron chi connectivity index (χ4n) is 9.46. The summed E-state index contributed by atoms with van der Waals surface area (Å²) in [5.41, 5.74) is 9.08. The van der Waals surface area contributed by atoms with Crippen LogP contribution in [0.25, 0.3) is 11.0 Å². The Morgan fingerprint density at radius 3 is 2.19 bits per heavy atom. The van der Waals surface area contributed by atoms with Crippen LogP contribution in [0.4, 0.5) is 0 Å². The van der Waals surface area contributed by atoms with Gasteiger partial charge in [0.25, 0.3) is 0 Å². The number of nitrogens with two attached hydrogens (primary N) is 1. The molecule has 0 bridgehead atoms. The summed E-state index contributed by atoms with van der Waals surface area (Å²) < 4.78 is 3.00. The molecule has 7 amide bonds. The van der Waals surface area contributed by atoms with Crippen molar-refractivity contribution in [1.29, 1.82) is 0 Å². The van der Waals surface area contributed by atoms with E-state index in [4.69, 9.17) is 5.73 Å². The first-order valence-corrected chi connectivity index (χ1v) is 21.9. The summed E-state index contributed by atoms with van der Waals surface area (Å²) in [5.74, 6) is -3.28. The molecule has 0 spiro atoms. The molecular formula is C47H56N8O8. The normalized spacial score (nSPS) is 20.8. The number of rotatable bonds is 15. The lowest BCUT2D eigenvalue weighted by Crippen LogP contribution is -2.57. The van der Waals surface area contributed by atoms with Crippen LogP contribution in [0.15, 0.2) is 83.7 Å². The average molecular weight is 861 g/mol. The van der Waals surface area contributed by atoms with Crippen LogP contribution in [0.3, 0.4) is 0 Å². The number of benzene rings is 3. The van der Waals surface area contributed by atoms with Crippen molar-refractivity contribution in [1.82, 2.24) is 34.9 Å². The first-order chi connectivity index (χ1) is 30.3. The number of carbonyl (C=O) groups excluding carboxylic acids is 7. The van der Waals surface area contributed by atoms with E-state index in [0.29, 0.717) is 56.1 Å². The molecule has 7 rings (SSSR count).